The van der Waals surface area contributed by atoms with E-state index in [4.69, 9.17) is 0 Å². The van der Waals surface area contributed by atoms with Crippen molar-refractivity contribution in [1.29, 1.82) is 0 Å². The average Bonchev–Trinajstić information content (AvgIpc) is 2.96. The van der Waals surface area contributed by atoms with Gasteiger partial charge in [0.15, 0.2) is 0 Å². The highest BCUT2D eigenvalue weighted by atomic mass is 16.3. The molecule has 0 aliphatic rings. The van der Waals surface area contributed by atoms with Crippen LogP contribution in [-0.2, 0) is 6.61 Å². The van der Waals surface area contributed by atoms with E-state index in [-0.39, 0.29) is 12.4 Å². The van der Waals surface area contributed by atoms with Gasteiger partial charge in [0.1, 0.15) is 5.75 Å². The van der Waals surface area contributed by atoms with Crippen LogP contribution in [0, 0.1) is 6.92 Å². The van der Waals surface area contributed by atoms with Crippen LogP contribution in [0.1, 0.15) is 16.8 Å². The summed E-state index contributed by atoms with van der Waals surface area (Å²) >= 11 is 0. The zero-order chi connectivity index (χ0) is 14.8. The first-order valence-electron chi connectivity index (χ1n) is 6.44. The molecule has 0 amide bonds. The molecule has 1 aromatic carbocycles. The zero-order valence-corrected chi connectivity index (χ0v) is 11.4. The number of aliphatic imine (C=N–C) groups is 1. The lowest BCUT2D eigenvalue weighted by Gasteiger charge is -2.06. The van der Waals surface area contributed by atoms with Gasteiger partial charge in [-0.3, -0.25) is 15.1 Å². The highest BCUT2D eigenvalue weighted by Gasteiger charge is 2.09. The lowest BCUT2D eigenvalue weighted by molar-refractivity contribution is 0.280. The molecule has 3 aromatic rings. The summed E-state index contributed by atoms with van der Waals surface area (Å²) in [4.78, 5) is 8.36. The van der Waals surface area contributed by atoms with Crippen molar-refractivity contribution in [1.82, 2.24) is 15.2 Å². The molecule has 2 aromatic heterocycles. The lowest BCUT2D eigenvalue weighted by atomic mass is 10.1. The number of aryl methyl sites for hydroxylation is 1. The van der Waals surface area contributed by atoms with Crippen LogP contribution < -0.4 is 0 Å². The van der Waals surface area contributed by atoms with E-state index in [0.29, 0.717) is 16.8 Å². The Morgan fingerprint density at radius 1 is 1.33 bits per heavy atom. The van der Waals surface area contributed by atoms with E-state index in [1.807, 2.05) is 18.2 Å². The average molecular weight is 282 g/mol. The molecule has 21 heavy (non-hydrogen) atoms. The summed E-state index contributed by atoms with van der Waals surface area (Å²) in [5, 5.41) is 27.2. The Labute approximate surface area is 120 Å². The van der Waals surface area contributed by atoms with Crippen molar-refractivity contribution < 1.29 is 10.2 Å². The number of aromatic hydroxyl groups is 1. The van der Waals surface area contributed by atoms with E-state index in [2.05, 4.69) is 20.2 Å². The SMILES string of the molecule is Cc1ncc(CO)c(C=Nc2ccc3cn[nH]c3c2)c1O. The predicted octanol–water partition coefficient (Wildman–Crippen LogP) is 2.21. The van der Waals surface area contributed by atoms with Gasteiger partial charge in [0.05, 0.1) is 29.7 Å². The minimum Gasteiger partial charge on any atom is -0.505 e. The summed E-state index contributed by atoms with van der Waals surface area (Å²) in [6.07, 6.45) is 4.81. The number of pyridine rings is 1. The van der Waals surface area contributed by atoms with Crippen molar-refractivity contribution in [2.24, 2.45) is 4.99 Å². The molecule has 0 saturated heterocycles. The Balaban J connectivity index is 2.00. The Kier molecular flexibility index (Phi) is 3.37. The van der Waals surface area contributed by atoms with Crippen LogP contribution in [0.2, 0.25) is 0 Å². The van der Waals surface area contributed by atoms with Gasteiger partial charge in [0, 0.05) is 28.9 Å². The second kappa shape index (κ2) is 5.34. The van der Waals surface area contributed by atoms with Crippen molar-refractivity contribution in [2.45, 2.75) is 13.5 Å². The molecule has 0 fully saturated rings. The first-order valence-corrected chi connectivity index (χ1v) is 6.44. The van der Waals surface area contributed by atoms with E-state index in [9.17, 15) is 10.2 Å². The summed E-state index contributed by atoms with van der Waals surface area (Å²) in [5.41, 5.74) is 3.13. The molecule has 0 atom stereocenters. The van der Waals surface area contributed by atoms with Crippen LogP contribution in [0.25, 0.3) is 10.9 Å². The summed E-state index contributed by atoms with van der Waals surface area (Å²) in [5.74, 6) is 0.0351. The zero-order valence-electron chi connectivity index (χ0n) is 11.4. The van der Waals surface area contributed by atoms with E-state index < -0.39 is 0 Å². The van der Waals surface area contributed by atoms with Crippen LogP contribution in [0.15, 0.2) is 35.6 Å². The molecular weight excluding hydrogens is 268 g/mol. The molecule has 0 aliphatic heterocycles. The molecule has 3 rings (SSSR count). The number of hydrogen-bond acceptors (Lipinski definition) is 5. The predicted molar refractivity (Wildman–Crippen MR) is 79.9 cm³/mol. The summed E-state index contributed by atoms with van der Waals surface area (Å²) in [7, 11) is 0. The molecule has 0 saturated carbocycles. The Bertz CT molecular complexity index is 824. The monoisotopic (exact) mass is 282 g/mol. The number of fused-ring (bicyclic) bond motifs is 1. The van der Waals surface area contributed by atoms with Crippen molar-refractivity contribution in [2.75, 3.05) is 0 Å². The molecular formula is C15H14N4O2. The molecule has 6 nitrogen and oxygen atoms in total. The van der Waals surface area contributed by atoms with Crippen LogP contribution in [-0.4, -0.2) is 31.6 Å². The lowest BCUT2D eigenvalue weighted by Crippen LogP contribution is -1.97. The van der Waals surface area contributed by atoms with E-state index in [0.717, 1.165) is 16.6 Å². The number of nitrogens with zero attached hydrogens (tertiary/aromatic N) is 3. The number of aromatic amines is 1. The van der Waals surface area contributed by atoms with Gasteiger partial charge in [-0.05, 0) is 25.1 Å². The number of rotatable bonds is 3. The molecule has 0 spiro atoms. The highest BCUT2D eigenvalue weighted by molar-refractivity contribution is 5.89. The number of aliphatic hydroxyl groups excluding tert-OH is 1. The number of aliphatic hydroxyl groups is 1. The molecule has 0 radical (unpaired) electrons. The smallest absolute Gasteiger partial charge is 0.145 e. The van der Waals surface area contributed by atoms with Crippen LogP contribution in [0.5, 0.6) is 5.75 Å². The number of benzene rings is 1. The maximum atomic E-state index is 10.0. The second-order valence-corrected chi connectivity index (χ2v) is 4.69. The summed E-state index contributed by atoms with van der Waals surface area (Å²) in [6, 6.07) is 5.64. The van der Waals surface area contributed by atoms with Crippen molar-refractivity contribution in [3.63, 3.8) is 0 Å². The third kappa shape index (κ3) is 2.48. The Hall–Kier alpha value is -2.73. The minimum atomic E-state index is -0.207. The van der Waals surface area contributed by atoms with Crippen LogP contribution in [0.3, 0.4) is 0 Å². The van der Waals surface area contributed by atoms with Crippen LogP contribution >= 0.6 is 0 Å². The molecule has 0 bridgehead atoms. The first-order chi connectivity index (χ1) is 10.2. The maximum absolute atomic E-state index is 10.0. The number of H-pyrrole nitrogens is 1. The fourth-order valence-electron chi connectivity index (χ4n) is 2.07. The molecule has 0 aliphatic carbocycles. The summed E-state index contributed by atoms with van der Waals surface area (Å²) in [6.45, 7) is 1.49. The molecule has 2 heterocycles. The maximum Gasteiger partial charge on any atom is 0.145 e. The van der Waals surface area contributed by atoms with Gasteiger partial charge in [0.25, 0.3) is 0 Å². The van der Waals surface area contributed by atoms with Gasteiger partial charge in [-0.15, -0.1) is 0 Å². The van der Waals surface area contributed by atoms with Gasteiger partial charge in [-0.2, -0.15) is 5.10 Å². The Morgan fingerprint density at radius 2 is 2.19 bits per heavy atom. The third-order valence-electron chi connectivity index (χ3n) is 3.30. The second-order valence-electron chi connectivity index (χ2n) is 4.69. The van der Waals surface area contributed by atoms with Gasteiger partial charge >= 0.3 is 0 Å². The number of hydrogen-bond donors (Lipinski definition) is 3. The molecule has 3 N–H and O–H groups in total. The molecule has 0 unspecified atom stereocenters. The fraction of sp³-hybridized carbons (Fsp3) is 0.133. The van der Waals surface area contributed by atoms with Gasteiger partial charge < -0.3 is 10.2 Å². The van der Waals surface area contributed by atoms with E-state index >= 15 is 0 Å². The normalized spacial score (nSPS) is 11.5. The van der Waals surface area contributed by atoms with Gasteiger partial charge in [-0.1, -0.05) is 0 Å². The molecule has 6 heteroatoms. The van der Waals surface area contributed by atoms with Gasteiger partial charge in [-0.25, -0.2) is 0 Å². The largest absolute Gasteiger partial charge is 0.505 e. The van der Waals surface area contributed by atoms with Crippen molar-refractivity contribution in [3.8, 4) is 5.75 Å². The van der Waals surface area contributed by atoms with Crippen molar-refractivity contribution >= 4 is 22.8 Å². The topological polar surface area (TPSA) is 94.4 Å². The quantitative estimate of drug-likeness (QED) is 0.642. The van der Waals surface area contributed by atoms with Gasteiger partial charge in [0.2, 0.25) is 0 Å². The highest BCUT2D eigenvalue weighted by Crippen LogP contribution is 2.24. The Morgan fingerprint density at radius 3 is 3.00 bits per heavy atom. The summed E-state index contributed by atoms with van der Waals surface area (Å²) < 4.78 is 0. The van der Waals surface area contributed by atoms with E-state index in [1.165, 1.54) is 12.4 Å². The molecule has 106 valence electrons. The fourth-order valence-corrected chi connectivity index (χ4v) is 2.07. The van der Waals surface area contributed by atoms with Crippen molar-refractivity contribution in [3.05, 3.63) is 47.4 Å². The first kappa shape index (κ1) is 13.3. The third-order valence-corrected chi connectivity index (χ3v) is 3.30. The number of aromatic nitrogens is 3. The minimum absolute atomic E-state index is 0.0351. The standard InChI is InChI=1S/C15H14N4O2/c1-9-15(21)13(11(8-20)5-16-9)7-17-12-3-2-10-6-18-19-14(10)4-12/h2-7,20-21H,8H2,1H3,(H,18,19). The number of nitrogens with one attached hydrogen (secondary N) is 1. The van der Waals surface area contributed by atoms with Crippen LogP contribution in [0.4, 0.5) is 5.69 Å². The van der Waals surface area contributed by atoms with E-state index in [1.54, 1.807) is 13.1 Å².